The first-order chi connectivity index (χ1) is 15.6. The van der Waals surface area contributed by atoms with Gasteiger partial charge >= 0.3 is 220 Å². The first-order valence-electron chi connectivity index (χ1n) is 14.4. The summed E-state index contributed by atoms with van der Waals surface area (Å²) in [5, 5.41) is 0. The third kappa shape index (κ3) is 8.79. The molecule has 0 fully saturated rings. The van der Waals surface area contributed by atoms with Crippen LogP contribution in [0.2, 0.25) is 72.5 Å². The van der Waals surface area contributed by atoms with Crippen molar-refractivity contribution >= 4 is 53.3 Å². The molecule has 0 bridgehead atoms. The zero-order chi connectivity index (χ0) is 25.8. The maximum atomic E-state index is 7.54. The van der Waals surface area contributed by atoms with Gasteiger partial charge in [-0.2, -0.15) is 0 Å². The van der Waals surface area contributed by atoms with Crippen LogP contribution in [0.3, 0.4) is 0 Å². The molecular formula is C24H60O4Si4Sn. The van der Waals surface area contributed by atoms with Crippen LogP contribution < -0.4 is 0 Å². The van der Waals surface area contributed by atoms with Crippen molar-refractivity contribution in [2.75, 3.05) is 0 Å². The van der Waals surface area contributed by atoms with Gasteiger partial charge in [0, 0.05) is 0 Å². The van der Waals surface area contributed by atoms with E-state index in [0.717, 1.165) is 72.5 Å². The summed E-state index contributed by atoms with van der Waals surface area (Å²) < 4.78 is 30.2. The molecular weight excluding hydrogens is 583 g/mol. The van der Waals surface area contributed by atoms with Crippen molar-refractivity contribution in [3.05, 3.63) is 0 Å². The van der Waals surface area contributed by atoms with Crippen molar-refractivity contribution in [3.63, 3.8) is 0 Å². The Hall–Kier alpha value is 1.51. The second-order valence-corrected chi connectivity index (χ2v) is 38.5. The summed E-state index contributed by atoms with van der Waals surface area (Å²) in [6.07, 6.45) is 0. The summed E-state index contributed by atoms with van der Waals surface area (Å²) in [5.41, 5.74) is 0. The quantitative estimate of drug-likeness (QED) is 0.124. The topological polar surface area (TPSA) is 36.9 Å². The van der Waals surface area contributed by atoms with Crippen LogP contribution in [-0.4, -0.2) is 53.3 Å². The third-order valence-corrected chi connectivity index (χ3v) is 50.7. The van der Waals surface area contributed by atoms with Crippen molar-refractivity contribution in [3.8, 4) is 0 Å². The van der Waals surface area contributed by atoms with Gasteiger partial charge in [-0.05, 0) is 0 Å². The Labute approximate surface area is 218 Å². The molecule has 9 heteroatoms. The van der Waals surface area contributed by atoms with Gasteiger partial charge in [-0.25, -0.2) is 0 Å². The summed E-state index contributed by atoms with van der Waals surface area (Å²) >= 11 is -4.39. The fraction of sp³-hybridized carbons (Fsp3) is 1.00. The van der Waals surface area contributed by atoms with E-state index in [4.69, 9.17) is 11.1 Å². The molecule has 0 amide bonds. The van der Waals surface area contributed by atoms with E-state index < -0.39 is 53.3 Å². The average Bonchev–Trinajstić information content (AvgIpc) is 2.88. The van der Waals surface area contributed by atoms with Crippen LogP contribution in [0.4, 0.5) is 0 Å². The first kappa shape index (κ1) is 34.5. The molecule has 0 spiro atoms. The molecule has 0 N–H and O–H groups in total. The van der Waals surface area contributed by atoms with Gasteiger partial charge in [0.25, 0.3) is 0 Å². The number of hydrogen-bond donors (Lipinski definition) is 0. The van der Waals surface area contributed by atoms with Crippen molar-refractivity contribution in [2.45, 2.75) is 156 Å². The Balaban J connectivity index is 7.10. The molecule has 0 saturated heterocycles. The molecule has 0 atom stereocenters. The first-order valence-corrected chi connectivity index (χ1v) is 29.1. The molecule has 0 radical (unpaired) electrons. The zero-order valence-electron chi connectivity index (χ0n) is 24.6. The molecule has 0 heterocycles. The molecule has 200 valence electrons. The van der Waals surface area contributed by atoms with E-state index in [9.17, 15) is 0 Å². The second-order valence-electron chi connectivity index (χ2n) is 9.88. The van der Waals surface area contributed by atoms with E-state index >= 15 is 0 Å². The molecule has 0 saturated carbocycles. The molecule has 0 aromatic rings. The Bertz CT molecular complexity index is 396. The minimum atomic E-state index is -4.39. The Morgan fingerprint density at radius 2 is 0.424 bits per heavy atom. The summed E-state index contributed by atoms with van der Waals surface area (Å²) in [6.45, 7) is 27.9. The zero-order valence-corrected chi connectivity index (χ0v) is 31.5. The fourth-order valence-electron chi connectivity index (χ4n) is 5.05. The van der Waals surface area contributed by atoms with Crippen LogP contribution in [0.5, 0.6) is 0 Å². The molecule has 0 aromatic carbocycles. The Morgan fingerprint density at radius 1 is 0.303 bits per heavy atom. The minimum absolute atomic E-state index is 1.12. The van der Waals surface area contributed by atoms with Gasteiger partial charge in [0.1, 0.15) is 0 Å². The van der Waals surface area contributed by atoms with Gasteiger partial charge in [-0.15, -0.1) is 0 Å². The third-order valence-electron chi connectivity index (χ3n) is 9.10. The van der Waals surface area contributed by atoms with E-state index in [0.29, 0.717) is 0 Å². The molecule has 0 aliphatic carbocycles. The molecule has 4 nitrogen and oxygen atoms in total. The van der Waals surface area contributed by atoms with Crippen molar-refractivity contribution in [1.29, 1.82) is 0 Å². The maximum absolute atomic E-state index is 7.54. The van der Waals surface area contributed by atoms with Crippen LogP contribution in [0.15, 0.2) is 0 Å². The Kier molecular flexibility index (Phi) is 16.4. The van der Waals surface area contributed by atoms with Gasteiger partial charge in [0.15, 0.2) is 0 Å². The molecule has 0 aromatic heterocycles. The predicted octanol–water partition coefficient (Wildman–Crippen LogP) is 9.51. The Morgan fingerprint density at radius 3 is 0.515 bits per heavy atom. The van der Waals surface area contributed by atoms with Crippen LogP contribution >= 0.6 is 0 Å². The molecule has 0 rings (SSSR count). The van der Waals surface area contributed by atoms with Crippen LogP contribution in [-0.2, 0) is 11.1 Å². The number of hydrogen-bond acceptors (Lipinski definition) is 4. The van der Waals surface area contributed by atoms with Gasteiger partial charge in [0.05, 0.1) is 0 Å². The average molecular weight is 644 g/mol. The molecule has 0 aliphatic heterocycles. The summed E-state index contributed by atoms with van der Waals surface area (Å²) in [7, 11) is -7.93. The van der Waals surface area contributed by atoms with E-state index in [1.807, 2.05) is 0 Å². The molecule has 0 unspecified atom stereocenters. The van der Waals surface area contributed by atoms with Crippen LogP contribution in [0, 0.1) is 0 Å². The van der Waals surface area contributed by atoms with Crippen LogP contribution in [0.25, 0.3) is 0 Å². The number of rotatable bonds is 20. The molecule has 0 aliphatic rings. The fourth-order valence-corrected chi connectivity index (χ4v) is 55.3. The second kappa shape index (κ2) is 15.7. The summed E-state index contributed by atoms with van der Waals surface area (Å²) in [6, 6.07) is 13.4. The van der Waals surface area contributed by atoms with Crippen LogP contribution in [0.1, 0.15) is 83.1 Å². The van der Waals surface area contributed by atoms with Crippen molar-refractivity contribution in [1.82, 2.24) is 0 Å². The van der Waals surface area contributed by atoms with E-state index in [2.05, 4.69) is 83.1 Å². The van der Waals surface area contributed by atoms with Gasteiger partial charge < -0.3 is 0 Å². The predicted molar refractivity (Wildman–Crippen MR) is 159 cm³/mol. The van der Waals surface area contributed by atoms with Crippen molar-refractivity contribution < 1.29 is 11.1 Å². The molecule has 33 heavy (non-hydrogen) atoms. The van der Waals surface area contributed by atoms with E-state index in [-0.39, 0.29) is 0 Å². The van der Waals surface area contributed by atoms with E-state index in [1.54, 1.807) is 0 Å². The van der Waals surface area contributed by atoms with Gasteiger partial charge in [-0.1, -0.05) is 0 Å². The summed E-state index contributed by atoms with van der Waals surface area (Å²) in [5.74, 6) is 0. The van der Waals surface area contributed by atoms with Gasteiger partial charge in [-0.3, -0.25) is 0 Å². The van der Waals surface area contributed by atoms with Crippen molar-refractivity contribution in [2.24, 2.45) is 0 Å². The monoisotopic (exact) mass is 644 g/mol. The van der Waals surface area contributed by atoms with E-state index in [1.165, 1.54) is 0 Å². The standard InChI is InChI=1S/4C6H15OSi.Sn/c4*1-4-8(7,5-2)6-3;/h4*4-6H2,1-3H3;/q4*-1;+4. The van der Waals surface area contributed by atoms with Gasteiger partial charge in [0.2, 0.25) is 0 Å². The summed E-state index contributed by atoms with van der Waals surface area (Å²) in [4.78, 5) is 0. The SMILES string of the molecule is CC[Si](CC)(CC)[O][Sn]([O][Si](CC)(CC)CC)([O][Si](CC)(CC)CC)[O][Si](CC)(CC)CC. The normalized spacial score (nSPS) is 14.2.